The summed E-state index contributed by atoms with van der Waals surface area (Å²) in [7, 11) is 1.18. The SMILES string of the molecule is COC(=O)Cc1nc(C(F)F)c(N)cc1N. The first-order valence-corrected chi connectivity index (χ1v) is 4.35. The average molecular weight is 231 g/mol. The number of carbonyl (C=O) groups excluding carboxylic acids is 1. The van der Waals surface area contributed by atoms with Crippen molar-refractivity contribution in [2.45, 2.75) is 12.8 Å². The molecule has 1 heterocycles. The van der Waals surface area contributed by atoms with Gasteiger partial charge in [-0.2, -0.15) is 0 Å². The molecule has 0 aliphatic heterocycles. The first-order chi connectivity index (χ1) is 7.45. The Morgan fingerprint density at radius 3 is 2.62 bits per heavy atom. The van der Waals surface area contributed by atoms with Gasteiger partial charge in [-0.3, -0.25) is 4.79 Å². The van der Waals surface area contributed by atoms with E-state index in [2.05, 4.69) is 9.72 Å². The minimum atomic E-state index is -2.81. The Labute approximate surface area is 90.4 Å². The predicted molar refractivity (Wildman–Crippen MR) is 53.7 cm³/mol. The van der Waals surface area contributed by atoms with E-state index in [0.29, 0.717) is 0 Å². The van der Waals surface area contributed by atoms with Crippen molar-refractivity contribution >= 4 is 17.3 Å². The summed E-state index contributed by atoms with van der Waals surface area (Å²) in [6.45, 7) is 0. The zero-order valence-electron chi connectivity index (χ0n) is 8.54. The molecule has 0 unspecified atom stereocenters. The summed E-state index contributed by atoms with van der Waals surface area (Å²) in [5.74, 6) is -0.607. The molecule has 0 radical (unpaired) electrons. The summed E-state index contributed by atoms with van der Waals surface area (Å²) in [5, 5.41) is 0. The maximum Gasteiger partial charge on any atom is 0.311 e. The van der Waals surface area contributed by atoms with Gasteiger partial charge in [0.15, 0.2) is 0 Å². The maximum atomic E-state index is 12.5. The third-order valence-electron chi connectivity index (χ3n) is 1.94. The Balaban J connectivity index is 3.09. The summed E-state index contributed by atoms with van der Waals surface area (Å²) < 4.78 is 29.3. The number of nitrogens with two attached hydrogens (primary N) is 2. The quantitative estimate of drug-likeness (QED) is 0.754. The third kappa shape index (κ3) is 2.56. The highest BCUT2D eigenvalue weighted by molar-refractivity contribution is 5.74. The van der Waals surface area contributed by atoms with Crippen molar-refractivity contribution in [3.05, 3.63) is 17.5 Å². The van der Waals surface area contributed by atoms with E-state index in [-0.39, 0.29) is 23.5 Å². The number of esters is 1. The van der Waals surface area contributed by atoms with E-state index in [0.717, 1.165) is 6.07 Å². The summed E-state index contributed by atoms with van der Waals surface area (Å²) in [4.78, 5) is 14.5. The number of nitrogens with zero attached hydrogens (tertiary/aromatic N) is 1. The number of pyridine rings is 1. The van der Waals surface area contributed by atoms with Crippen molar-refractivity contribution in [2.75, 3.05) is 18.6 Å². The highest BCUT2D eigenvalue weighted by atomic mass is 19.3. The van der Waals surface area contributed by atoms with Crippen LogP contribution in [0.2, 0.25) is 0 Å². The lowest BCUT2D eigenvalue weighted by Crippen LogP contribution is -2.11. The van der Waals surface area contributed by atoms with Crippen LogP contribution in [-0.2, 0) is 16.0 Å². The van der Waals surface area contributed by atoms with E-state index in [1.807, 2.05) is 0 Å². The molecule has 0 saturated heterocycles. The van der Waals surface area contributed by atoms with Crippen LogP contribution in [0.15, 0.2) is 6.07 Å². The molecule has 1 rings (SSSR count). The largest absolute Gasteiger partial charge is 0.469 e. The van der Waals surface area contributed by atoms with Gasteiger partial charge in [0.05, 0.1) is 30.6 Å². The normalized spacial score (nSPS) is 10.5. The van der Waals surface area contributed by atoms with Crippen molar-refractivity contribution in [3.8, 4) is 0 Å². The molecule has 7 heteroatoms. The lowest BCUT2D eigenvalue weighted by Gasteiger charge is -2.09. The number of nitrogen functional groups attached to an aromatic ring is 2. The smallest absolute Gasteiger partial charge is 0.311 e. The van der Waals surface area contributed by atoms with Crippen LogP contribution in [0.5, 0.6) is 0 Å². The number of ether oxygens (including phenoxy) is 1. The summed E-state index contributed by atoms with van der Waals surface area (Å²) >= 11 is 0. The van der Waals surface area contributed by atoms with Crippen LogP contribution in [0, 0.1) is 0 Å². The van der Waals surface area contributed by atoms with Gasteiger partial charge in [0.1, 0.15) is 5.69 Å². The summed E-state index contributed by atoms with van der Waals surface area (Å²) in [5.41, 5.74) is 10.2. The molecule has 0 aliphatic carbocycles. The standard InChI is InChI=1S/C9H11F2N3O2/c1-16-7(15)3-6-4(12)2-5(13)8(14-6)9(10)11/h2,9H,3,12-13H2,1H3. The topological polar surface area (TPSA) is 91.2 Å². The number of halogens is 2. The van der Waals surface area contributed by atoms with E-state index in [1.165, 1.54) is 7.11 Å². The molecule has 0 amide bonds. The summed E-state index contributed by atoms with van der Waals surface area (Å²) in [6.07, 6.45) is -3.07. The minimum Gasteiger partial charge on any atom is -0.469 e. The first kappa shape index (κ1) is 12.2. The van der Waals surface area contributed by atoms with Gasteiger partial charge in [0, 0.05) is 0 Å². The molecule has 88 valence electrons. The van der Waals surface area contributed by atoms with Crippen molar-refractivity contribution in [3.63, 3.8) is 0 Å². The van der Waals surface area contributed by atoms with Gasteiger partial charge in [0.2, 0.25) is 0 Å². The van der Waals surface area contributed by atoms with Crippen LogP contribution in [0.4, 0.5) is 20.2 Å². The Hall–Kier alpha value is -1.92. The Morgan fingerprint density at radius 1 is 1.50 bits per heavy atom. The molecule has 16 heavy (non-hydrogen) atoms. The number of anilines is 2. The van der Waals surface area contributed by atoms with E-state index in [4.69, 9.17) is 11.5 Å². The molecule has 0 saturated carbocycles. The molecule has 0 fully saturated rings. The van der Waals surface area contributed by atoms with Gasteiger partial charge in [0.25, 0.3) is 6.43 Å². The number of aromatic nitrogens is 1. The molecule has 5 nitrogen and oxygen atoms in total. The number of hydrogen-bond acceptors (Lipinski definition) is 5. The van der Waals surface area contributed by atoms with Gasteiger partial charge in [-0.15, -0.1) is 0 Å². The molecule has 0 spiro atoms. The highest BCUT2D eigenvalue weighted by Gasteiger charge is 2.17. The molecule has 1 aromatic rings. The van der Waals surface area contributed by atoms with E-state index < -0.39 is 18.1 Å². The monoisotopic (exact) mass is 231 g/mol. The van der Waals surface area contributed by atoms with Gasteiger partial charge in [-0.05, 0) is 6.07 Å². The molecule has 4 N–H and O–H groups in total. The molecule has 0 atom stereocenters. The van der Waals surface area contributed by atoms with Crippen molar-refractivity contribution in [1.29, 1.82) is 0 Å². The fourth-order valence-electron chi connectivity index (χ4n) is 1.12. The highest BCUT2D eigenvalue weighted by Crippen LogP contribution is 2.26. The number of rotatable bonds is 3. The first-order valence-electron chi connectivity index (χ1n) is 4.35. The fraction of sp³-hybridized carbons (Fsp3) is 0.333. The fourth-order valence-corrected chi connectivity index (χ4v) is 1.12. The van der Waals surface area contributed by atoms with Crippen molar-refractivity contribution in [1.82, 2.24) is 4.98 Å². The van der Waals surface area contributed by atoms with Gasteiger partial charge in [-0.25, -0.2) is 13.8 Å². The Morgan fingerprint density at radius 2 is 2.12 bits per heavy atom. The van der Waals surface area contributed by atoms with Crippen LogP contribution in [0.1, 0.15) is 17.8 Å². The van der Waals surface area contributed by atoms with Crippen LogP contribution in [0.3, 0.4) is 0 Å². The van der Waals surface area contributed by atoms with Crippen LogP contribution < -0.4 is 11.5 Å². The van der Waals surface area contributed by atoms with Crippen LogP contribution in [0.25, 0.3) is 0 Å². The number of alkyl halides is 2. The molecule has 0 aromatic carbocycles. The Bertz CT molecular complexity index is 410. The van der Waals surface area contributed by atoms with Crippen LogP contribution >= 0.6 is 0 Å². The van der Waals surface area contributed by atoms with Gasteiger partial charge in [-0.1, -0.05) is 0 Å². The molecule has 1 aromatic heterocycles. The minimum absolute atomic E-state index is 0.0383. The second-order valence-corrected chi connectivity index (χ2v) is 3.05. The zero-order chi connectivity index (χ0) is 12.3. The molecule has 0 aliphatic rings. The van der Waals surface area contributed by atoms with E-state index in [9.17, 15) is 13.6 Å². The van der Waals surface area contributed by atoms with Gasteiger partial charge >= 0.3 is 5.97 Å². The van der Waals surface area contributed by atoms with Crippen LogP contribution in [-0.4, -0.2) is 18.1 Å². The Kier molecular flexibility index (Phi) is 3.60. The van der Waals surface area contributed by atoms with E-state index in [1.54, 1.807) is 0 Å². The molecular formula is C9H11F2N3O2. The maximum absolute atomic E-state index is 12.5. The lowest BCUT2D eigenvalue weighted by atomic mass is 10.2. The second kappa shape index (κ2) is 4.73. The van der Waals surface area contributed by atoms with Crippen molar-refractivity contribution < 1.29 is 18.3 Å². The number of hydrogen-bond donors (Lipinski definition) is 2. The number of carbonyl (C=O) groups is 1. The third-order valence-corrected chi connectivity index (χ3v) is 1.94. The zero-order valence-corrected chi connectivity index (χ0v) is 8.54. The van der Waals surface area contributed by atoms with Crippen molar-refractivity contribution in [2.24, 2.45) is 0 Å². The number of methoxy groups -OCH3 is 1. The predicted octanol–water partition coefficient (Wildman–Crippen LogP) is 0.899. The molecule has 0 bridgehead atoms. The van der Waals surface area contributed by atoms with Gasteiger partial charge < -0.3 is 16.2 Å². The average Bonchev–Trinajstić information content (AvgIpc) is 2.21. The molecular weight excluding hydrogens is 220 g/mol. The second-order valence-electron chi connectivity index (χ2n) is 3.05. The van der Waals surface area contributed by atoms with E-state index >= 15 is 0 Å². The summed E-state index contributed by atoms with van der Waals surface area (Å²) in [6, 6.07) is 1.16. The lowest BCUT2D eigenvalue weighted by molar-refractivity contribution is -0.139.